The van der Waals surface area contributed by atoms with Gasteiger partial charge in [0.2, 0.25) is 0 Å². The van der Waals surface area contributed by atoms with Gasteiger partial charge in [0.25, 0.3) is 0 Å². The zero-order chi connectivity index (χ0) is 24.5. The molecule has 35 heavy (non-hydrogen) atoms. The molecule has 0 bridgehead atoms. The molecule has 6 atom stereocenters. The Bertz CT molecular complexity index is 1120. The molecule has 1 aliphatic carbocycles. The van der Waals surface area contributed by atoms with Gasteiger partial charge in [-0.3, -0.25) is 9.78 Å². The molecule has 2 saturated heterocycles. The van der Waals surface area contributed by atoms with Crippen LogP contribution in [0, 0.1) is 35.4 Å². The van der Waals surface area contributed by atoms with E-state index in [2.05, 4.69) is 11.1 Å². The van der Waals surface area contributed by atoms with E-state index in [4.69, 9.17) is 9.47 Å². The number of pyridine rings is 1. The SMILES string of the molecule is CCOC(=O)N1CCC2C(CC3C(=O)O[C@H](C)C3C2/C=C/c2ccc(-c3cccc(F)c3)cn2)C1. The molecule has 184 valence electrons. The fourth-order valence-electron chi connectivity index (χ4n) is 6.29. The fraction of sp³-hybridized carbons (Fsp3) is 0.464. The van der Waals surface area contributed by atoms with E-state index >= 15 is 0 Å². The molecule has 3 heterocycles. The molecular formula is C28H31FN2O4. The number of benzene rings is 1. The fourth-order valence-corrected chi connectivity index (χ4v) is 6.29. The van der Waals surface area contributed by atoms with Gasteiger partial charge in [0.1, 0.15) is 11.9 Å². The molecule has 3 aliphatic rings. The number of esters is 1. The number of hydrogen-bond donors (Lipinski definition) is 0. The molecular weight excluding hydrogens is 447 g/mol. The largest absolute Gasteiger partial charge is 0.462 e. The van der Waals surface area contributed by atoms with Crippen molar-refractivity contribution in [1.29, 1.82) is 0 Å². The van der Waals surface area contributed by atoms with Gasteiger partial charge in [0, 0.05) is 30.8 Å². The second-order valence-electron chi connectivity index (χ2n) is 9.84. The third-order valence-corrected chi connectivity index (χ3v) is 7.86. The van der Waals surface area contributed by atoms with E-state index in [1.54, 1.807) is 17.2 Å². The standard InChI is InChI=1S/C28H31FN2O4/c1-3-34-28(33)31-12-11-23-20(16-31)14-25-26(17(2)35-27(25)32)24(23)10-9-22-8-7-19(15-30-22)18-5-4-6-21(29)13-18/h4-10,13,15,17,20,23-26H,3,11-12,14,16H2,1-2H3/b10-9+/t17-,20?,23?,24?,25?,26?/m1/s1. The summed E-state index contributed by atoms with van der Waals surface area (Å²) in [7, 11) is 0. The molecule has 1 amide bonds. The molecule has 3 fully saturated rings. The summed E-state index contributed by atoms with van der Waals surface area (Å²) >= 11 is 0. The van der Waals surface area contributed by atoms with Crippen molar-refractivity contribution < 1.29 is 23.5 Å². The lowest BCUT2D eigenvalue weighted by molar-refractivity contribution is -0.144. The maximum atomic E-state index is 13.6. The molecule has 7 heteroatoms. The van der Waals surface area contributed by atoms with Crippen LogP contribution in [0.25, 0.3) is 17.2 Å². The monoisotopic (exact) mass is 478 g/mol. The number of halogens is 1. The third-order valence-electron chi connectivity index (χ3n) is 7.86. The Morgan fingerprint density at radius 1 is 1.29 bits per heavy atom. The minimum Gasteiger partial charge on any atom is -0.462 e. The van der Waals surface area contributed by atoms with E-state index in [0.717, 1.165) is 29.7 Å². The highest BCUT2D eigenvalue weighted by atomic mass is 19.1. The molecule has 2 aliphatic heterocycles. The first-order valence-electron chi connectivity index (χ1n) is 12.5. The van der Waals surface area contributed by atoms with Crippen molar-refractivity contribution in [1.82, 2.24) is 9.88 Å². The van der Waals surface area contributed by atoms with E-state index in [1.807, 2.05) is 38.1 Å². The number of rotatable bonds is 4. The molecule has 0 N–H and O–H groups in total. The summed E-state index contributed by atoms with van der Waals surface area (Å²) in [6, 6.07) is 10.3. The summed E-state index contributed by atoms with van der Waals surface area (Å²) < 4.78 is 24.5. The van der Waals surface area contributed by atoms with Gasteiger partial charge in [-0.15, -0.1) is 0 Å². The Kier molecular flexibility index (Phi) is 6.58. The number of nitrogens with zero attached hydrogens (tertiary/aromatic N) is 2. The van der Waals surface area contributed by atoms with Crippen LogP contribution in [0.2, 0.25) is 0 Å². The summed E-state index contributed by atoms with van der Waals surface area (Å²) in [6.07, 6.45) is 7.18. The molecule has 1 aromatic heterocycles. The lowest BCUT2D eigenvalue weighted by atomic mass is 9.59. The van der Waals surface area contributed by atoms with Crippen LogP contribution >= 0.6 is 0 Å². The molecule has 6 nitrogen and oxygen atoms in total. The number of likely N-dealkylation sites (tertiary alicyclic amines) is 1. The second-order valence-corrected chi connectivity index (χ2v) is 9.84. The quantitative estimate of drug-likeness (QED) is 0.566. The molecule has 0 spiro atoms. The van der Waals surface area contributed by atoms with Gasteiger partial charge >= 0.3 is 12.1 Å². The molecule has 5 unspecified atom stereocenters. The number of piperidine rings is 1. The number of hydrogen-bond acceptors (Lipinski definition) is 5. The molecule has 5 rings (SSSR count). The molecule has 1 aromatic carbocycles. The van der Waals surface area contributed by atoms with E-state index < -0.39 is 0 Å². The third kappa shape index (κ3) is 4.68. The zero-order valence-corrected chi connectivity index (χ0v) is 20.1. The predicted molar refractivity (Wildman–Crippen MR) is 129 cm³/mol. The van der Waals surface area contributed by atoms with Gasteiger partial charge < -0.3 is 14.4 Å². The number of carbonyl (C=O) groups excluding carboxylic acids is 2. The Morgan fingerprint density at radius 2 is 2.14 bits per heavy atom. The Balaban J connectivity index is 1.37. The van der Waals surface area contributed by atoms with Crippen LogP contribution < -0.4 is 0 Å². The normalized spacial score (nSPS) is 30.0. The first-order chi connectivity index (χ1) is 16.9. The topological polar surface area (TPSA) is 68.7 Å². The van der Waals surface area contributed by atoms with Crippen LogP contribution in [-0.2, 0) is 14.3 Å². The van der Waals surface area contributed by atoms with Crippen molar-refractivity contribution in [2.24, 2.45) is 29.6 Å². The van der Waals surface area contributed by atoms with Crippen LogP contribution in [0.15, 0.2) is 48.7 Å². The van der Waals surface area contributed by atoms with Crippen LogP contribution in [0.4, 0.5) is 9.18 Å². The average Bonchev–Trinajstić information content (AvgIpc) is 3.14. The molecule has 0 radical (unpaired) electrons. The van der Waals surface area contributed by atoms with Crippen molar-refractivity contribution in [3.8, 4) is 11.1 Å². The van der Waals surface area contributed by atoms with Crippen LogP contribution in [0.5, 0.6) is 0 Å². The number of aromatic nitrogens is 1. The summed E-state index contributed by atoms with van der Waals surface area (Å²) in [5, 5.41) is 0. The summed E-state index contributed by atoms with van der Waals surface area (Å²) in [5.41, 5.74) is 2.45. The number of carbonyl (C=O) groups is 2. The highest BCUT2D eigenvalue weighted by molar-refractivity contribution is 5.76. The van der Waals surface area contributed by atoms with Crippen LogP contribution in [-0.4, -0.2) is 47.7 Å². The number of ether oxygens (including phenoxy) is 2. The summed E-state index contributed by atoms with van der Waals surface area (Å²) in [5.74, 6) is 0.336. The van der Waals surface area contributed by atoms with E-state index in [9.17, 15) is 14.0 Å². The lowest BCUT2D eigenvalue weighted by Crippen LogP contribution is -2.51. The van der Waals surface area contributed by atoms with Gasteiger partial charge in [-0.25, -0.2) is 9.18 Å². The van der Waals surface area contributed by atoms with Gasteiger partial charge in [0.15, 0.2) is 0 Å². The lowest BCUT2D eigenvalue weighted by Gasteiger charge is -2.48. The highest BCUT2D eigenvalue weighted by Gasteiger charge is 2.54. The van der Waals surface area contributed by atoms with Crippen molar-refractivity contribution in [2.75, 3.05) is 19.7 Å². The minimum atomic E-state index is -0.274. The van der Waals surface area contributed by atoms with E-state index in [0.29, 0.717) is 25.6 Å². The maximum absolute atomic E-state index is 13.6. The van der Waals surface area contributed by atoms with Gasteiger partial charge in [0.05, 0.1) is 18.2 Å². The zero-order valence-electron chi connectivity index (χ0n) is 20.1. The van der Waals surface area contributed by atoms with Crippen molar-refractivity contribution >= 4 is 18.1 Å². The van der Waals surface area contributed by atoms with Crippen molar-refractivity contribution in [2.45, 2.75) is 32.8 Å². The molecule has 1 saturated carbocycles. The number of cyclic esters (lactones) is 1. The Morgan fingerprint density at radius 3 is 2.89 bits per heavy atom. The van der Waals surface area contributed by atoms with E-state index in [-0.39, 0.29) is 47.7 Å². The smallest absolute Gasteiger partial charge is 0.409 e. The number of allylic oxidation sites excluding steroid dienone is 1. The highest BCUT2D eigenvalue weighted by Crippen LogP contribution is 2.51. The first-order valence-corrected chi connectivity index (χ1v) is 12.5. The minimum absolute atomic E-state index is 0.120. The van der Waals surface area contributed by atoms with Gasteiger partial charge in [-0.2, -0.15) is 0 Å². The van der Waals surface area contributed by atoms with Crippen LogP contribution in [0.3, 0.4) is 0 Å². The summed E-state index contributed by atoms with van der Waals surface area (Å²) in [6.45, 7) is 5.42. The van der Waals surface area contributed by atoms with Crippen molar-refractivity contribution in [3.05, 3.63) is 60.2 Å². The number of fused-ring (bicyclic) bond motifs is 2. The average molecular weight is 479 g/mol. The first kappa shape index (κ1) is 23.5. The van der Waals surface area contributed by atoms with Gasteiger partial charge in [-0.05, 0) is 74.3 Å². The number of amides is 1. The Hall–Kier alpha value is -3.22. The molecule has 2 aromatic rings. The maximum Gasteiger partial charge on any atom is 0.409 e. The Labute approximate surface area is 205 Å². The summed E-state index contributed by atoms with van der Waals surface area (Å²) in [4.78, 5) is 31.3. The second kappa shape index (κ2) is 9.80. The van der Waals surface area contributed by atoms with Crippen molar-refractivity contribution in [3.63, 3.8) is 0 Å². The van der Waals surface area contributed by atoms with E-state index in [1.165, 1.54) is 12.1 Å². The van der Waals surface area contributed by atoms with Gasteiger partial charge in [-0.1, -0.05) is 24.3 Å². The predicted octanol–water partition coefficient (Wildman–Crippen LogP) is 5.19. The van der Waals surface area contributed by atoms with Crippen LogP contribution in [0.1, 0.15) is 32.4 Å².